The molecular weight excluding hydrogens is 276 g/mol. The Morgan fingerprint density at radius 1 is 0.882 bits per heavy atom. The van der Waals surface area contributed by atoms with Gasteiger partial charge in [0.15, 0.2) is 0 Å². The standard InChI is InChI=1S/C15H25BrO/c16-13-11-14(17-12-7-3-4-8-12)15(13)9-5-1-2-6-10-15/h12-14H,1-11H2. The minimum absolute atomic E-state index is 0.513. The Morgan fingerprint density at radius 3 is 2.12 bits per heavy atom. The molecule has 0 N–H and O–H groups in total. The Kier molecular flexibility index (Phi) is 3.82. The van der Waals surface area contributed by atoms with Gasteiger partial charge in [-0.25, -0.2) is 0 Å². The maximum Gasteiger partial charge on any atom is 0.0656 e. The first-order valence-electron chi connectivity index (χ1n) is 7.61. The van der Waals surface area contributed by atoms with Gasteiger partial charge in [-0.2, -0.15) is 0 Å². The summed E-state index contributed by atoms with van der Waals surface area (Å²) in [5, 5.41) is 0. The molecule has 0 amide bonds. The van der Waals surface area contributed by atoms with Crippen molar-refractivity contribution in [3.63, 3.8) is 0 Å². The van der Waals surface area contributed by atoms with Crippen molar-refractivity contribution in [3.05, 3.63) is 0 Å². The highest BCUT2D eigenvalue weighted by Crippen LogP contribution is 2.56. The highest BCUT2D eigenvalue weighted by molar-refractivity contribution is 9.09. The fraction of sp³-hybridized carbons (Fsp3) is 1.00. The predicted octanol–water partition coefficient (Wildman–Crippen LogP) is 4.82. The summed E-state index contributed by atoms with van der Waals surface area (Å²) in [6.45, 7) is 0. The zero-order valence-corrected chi connectivity index (χ0v) is 12.4. The average molecular weight is 301 g/mol. The van der Waals surface area contributed by atoms with Gasteiger partial charge in [-0.15, -0.1) is 0 Å². The molecule has 0 aromatic rings. The zero-order chi connectivity index (χ0) is 11.7. The molecule has 2 heteroatoms. The third kappa shape index (κ3) is 2.32. The van der Waals surface area contributed by atoms with E-state index in [2.05, 4.69) is 15.9 Å². The molecule has 3 aliphatic carbocycles. The van der Waals surface area contributed by atoms with Gasteiger partial charge in [0.2, 0.25) is 0 Å². The lowest BCUT2D eigenvalue weighted by molar-refractivity contribution is -0.140. The number of hydrogen-bond donors (Lipinski definition) is 0. The Hall–Kier alpha value is 0.440. The molecule has 0 aromatic heterocycles. The third-order valence-electron chi connectivity index (χ3n) is 5.38. The molecule has 0 bridgehead atoms. The van der Waals surface area contributed by atoms with Crippen molar-refractivity contribution in [3.8, 4) is 0 Å². The van der Waals surface area contributed by atoms with Crippen molar-refractivity contribution in [1.29, 1.82) is 0 Å². The molecule has 0 radical (unpaired) electrons. The first-order valence-corrected chi connectivity index (χ1v) is 8.52. The smallest absolute Gasteiger partial charge is 0.0656 e. The van der Waals surface area contributed by atoms with Gasteiger partial charge in [0.25, 0.3) is 0 Å². The summed E-state index contributed by atoms with van der Waals surface area (Å²) in [4.78, 5) is 0.736. The molecule has 0 aromatic carbocycles. The molecule has 0 heterocycles. The van der Waals surface area contributed by atoms with Crippen LogP contribution in [0.3, 0.4) is 0 Å². The zero-order valence-electron chi connectivity index (χ0n) is 10.8. The lowest BCUT2D eigenvalue weighted by Gasteiger charge is -2.54. The van der Waals surface area contributed by atoms with Crippen LogP contribution in [-0.2, 0) is 4.74 Å². The van der Waals surface area contributed by atoms with Gasteiger partial charge >= 0.3 is 0 Å². The highest BCUT2D eigenvalue weighted by Gasteiger charge is 2.54. The van der Waals surface area contributed by atoms with Crippen molar-refractivity contribution >= 4 is 15.9 Å². The van der Waals surface area contributed by atoms with E-state index >= 15 is 0 Å². The van der Waals surface area contributed by atoms with Crippen LogP contribution in [0.5, 0.6) is 0 Å². The van der Waals surface area contributed by atoms with Crippen LogP contribution in [-0.4, -0.2) is 17.0 Å². The van der Waals surface area contributed by atoms with Crippen LogP contribution < -0.4 is 0 Å². The van der Waals surface area contributed by atoms with Crippen molar-refractivity contribution in [2.75, 3.05) is 0 Å². The minimum Gasteiger partial charge on any atom is -0.374 e. The van der Waals surface area contributed by atoms with Crippen molar-refractivity contribution in [2.24, 2.45) is 5.41 Å². The Balaban J connectivity index is 1.63. The van der Waals surface area contributed by atoms with Crippen LogP contribution >= 0.6 is 15.9 Å². The van der Waals surface area contributed by atoms with Crippen LogP contribution in [0.25, 0.3) is 0 Å². The largest absolute Gasteiger partial charge is 0.374 e. The van der Waals surface area contributed by atoms with Crippen LogP contribution in [0.4, 0.5) is 0 Å². The lowest BCUT2D eigenvalue weighted by atomic mass is 9.61. The molecule has 3 saturated carbocycles. The summed E-state index contributed by atoms with van der Waals surface area (Å²) in [6, 6.07) is 0. The quantitative estimate of drug-likeness (QED) is 0.664. The molecule has 1 spiro atoms. The van der Waals surface area contributed by atoms with Crippen LogP contribution in [0.2, 0.25) is 0 Å². The topological polar surface area (TPSA) is 9.23 Å². The number of rotatable bonds is 2. The number of ether oxygens (including phenoxy) is 1. The Morgan fingerprint density at radius 2 is 1.53 bits per heavy atom. The van der Waals surface area contributed by atoms with E-state index in [1.165, 1.54) is 70.6 Å². The fourth-order valence-corrected chi connectivity index (χ4v) is 5.26. The minimum atomic E-state index is 0.513. The van der Waals surface area contributed by atoms with Crippen molar-refractivity contribution in [2.45, 2.75) is 87.7 Å². The monoisotopic (exact) mass is 300 g/mol. The normalized spacial score (nSPS) is 37.9. The van der Waals surface area contributed by atoms with E-state index in [1.807, 2.05) is 0 Å². The SMILES string of the molecule is BrC1CC(OC2CCCC2)C12CCCCCC2. The van der Waals surface area contributed by atoms with E-state index < -0.39 is 0 Å². The molecule has 98 valence electrons. The second-order valence-electron chi connectivity index (χ2n) is 6.38. The van der Waals surface area contributed by atoms with Crippen LogP contribution in [0.1, 0.15) is 70.6 Å². The Bertz CT molecular complexity index is 252. The molecule has 1 nitrogen and oxygen atoms in total. The Labute approximate surface area is 114 Å². The summed E-state index contributed by atoms with van der Waals surface area (Å²) in [6.07, 6.45) is 16.4. The molecule has 0 aliphatic heterocycles. The second kappa shape index (κ2) is 5.21. The molecule has 17 heavy (non-hydrogen) atoms. The van der Waals surface area contributed by atoms with Gasteiger partial charge in [-0.05, 0) is 32.1 Å². The molecular formula is C15H25BrO. The highest BCUT2D eigenvalue weighted by atomic mass is 79.9. The van der Waals surface area contributed by atoms with Gasteiger partial charge in [0.1, 0.15) is 0 Å². The predicted molar refractivity (Wildman–Crippen MR) is 74.6 cm³/mol. The summed E-state index contributed by atoms with van der Waals surface area (Å²) < 4.78 is 6.44. The van der Waals surface area contributed by atoms with E-state index in [4.69, 9.17) is 4.74 Å². The average Bonchev–Trinajstić information content (AvgIpc) is 2.70. The second-order valence-corrected chi connectivity index (χ2v) is 7.49. The summed E-state index contributed by atoms with van der Waals surface area (Å²) in [7, 11) is 0. The third-order valence-corrected chi connectivity index (χ3v) is 6.67. The fourth-order valence-electron chi connectivity index (χ4n) is 4.17. The van der Waals surface area contributed by atoms with Gasteiger partial charge in [-0.3, -0.25) is 0 Å². The van der Waals surface area contributed by atoms with E-state index in [-0.39, 0.29) is 0 Å². The van der Waals surface area contributed by atoms with E-state index in [0.717, 1.165) is 4.83 Å². The lowest BCUT2D eigenvalue weighted by Crippen LogP contribution is -2.56. The molecule has 2 unspecified atom stereocenters. The maximum atomic E-state index is 6.44. The van der Waals surface area contributed by atoms with E-state index in [9.17, 15) is 0 Å². The molecule has 3 fully saturated rings. The molecule has 3 aliphatic rings. The van der Waals surface area contributed by atoms with Crippen LogP contribution in [0.15, 0.2) is 0 Å². The van der Waals surface area contributed by atoms with E-state index in [0.29, 0.717) is 17.6 Å². The summed E-state index contributed by atoms with van der Waals surface area (Å²) >= 11 is 3.92. The molecule has 3 rings (SSSR count). The van der Waals surface area contributed by atoms with Gasteiger partial charge in [0.05, 0.1) is 12.2 Å². The number of alkyl halides is 1. The van der Waals surface area contributed by atoms with Gasteiger partial charge in [0, 0.05) is 10.2 Å². The first kappa shape index (κ1) is 12.5. The molecule has 0 saturated heterocycles. The van der Waals surface area contributed by atoms with Gasteiger partial charge in [-0.1, -0.05) is 54.5 Å². The van der Waals surface area contributed by atoms with Crippen LogP contribution in [0, 0.1) is 5.41 Å². The van der Waals surface area contributed by atoms with Crippen molar-refractivity contribution < 1.29 is 4.74 Å². The maximum absolute atomic E-state index is 6.44. The number of hydrogen-bond acceptors (Lipinski definition) is 1. The first-order chi connectivity index (χ1) is 8.31. The summed E-state index contributed by atoms with van der Waals surface area (Å²) in [5.74, 6) is 0. The van der Waals surface area contributed by atoms with Gasteiger partial charge < -0.3 is 4.74 Å². The summed E-state index contributed by atoms with van der Waals surface area (Å²) in [5.41, 5.74) is 0.513. The number of halogens is 1. The van der Waals surface area contributed by atoms with E-state index in [1.54, 1.807) is 0 Å². The van der Waals surface area contributed by atoms with Crippen molar-refractivity contribution in [1.82, 2.24) is 0 Å². The molecule has 2 atom stereocenters.